The molecule has 0 aromatic heterocycles. The molecule has 22 heavy (non-hydrogen) atoms. The standard InChI is InChI=1S/C18H28N2O2/c1-13(2)20(11-14(3)21)17(22)19-12-18(4)9-15-7-5-6-8-16(15)10-18/h5-8,13-14,21H,9-12H2,1-4H3,(H,19,22). The van der Waals surface area contributed by atoms with Crippen LogP contribution in [0, 0.1) is 5.41 Å². The molecule has 4 heteroatoms. The number of nitrogens with zero attached hydrogens (tertiary/aromatic N) is 1. The summed E-state index contributed by atoms with van der Waals surface area (Å²) in [6.45, 7) is 8.88. The summed E-state index contributed by atoms with van der Waals surface area (Å²) in [7, 11) is 0. The molecule has 0 radical (unpaired) electrons. The van der Waals surface area contributed by atoms with Crippen LogP contribution < -0.4 is 5.32 Å². The van der Waals surface area contributed by atoms with Gasteiger partial charge in [0.25, 0.3) is 0 Å². The number of carbonyl (C=O) groups is 1. The van der Waals surface area contributed by atoms with Crippen molar-refractivity contribution < 1.29 is 9.90 Å². The van der Waals surface area contributed by atoms with E-state index in [9.17, 15) is 9.90 Å². The lowest BCUT2D eigenvalue weighted by atomic mass is 9.87. The average molecular weight is 304 g/mol. The van der Waals surface area contributed by atoms with E-state index in [-0.39, 0.29) is 17.5 Å². The second kappa shape index (κ2) is 6.69. The van der Waals surface area contributed by atoms with Crippen molar-refractivity contribution in [3.8, 4) is 0 Å². The molecule has 0 saturated heterocycles. The Morgan fingerprint density at radius 1 is 1.27 bits per heavy atom. The summed E-state index contributed by atoms with van der Waals surface area (Å²) >= 11 is 0. The first-order valence-electron chi connectivity index (χ1n) is 8.10. The van der Waals surface area contributed by atoms with Gasteiger partial charge in [-0.25, -0.2) is 4.79 Å². The van der Waals surface area contributed by atoms with Crippen molar-refractivity contribution in [2.75, 3.05) is 13.1 Å². The van der Waals surface area contributed by atoms with Crippen molar-refractivity contribution in [3.05, 3.63) is 35.4 Å². The van der Waals surface area contributed by atoms with Gasteiger partial charge in [-0.2, -0.15) is 0 Å². The van der Waals surface area contributed by atoms with Crippen LogP contribution >= 0.6 is 0 Å². The number of urea groups is 1. The molecule has 1 aliphatic rings. The van der Waals surface area contributed by atoms with E-state index in [1.165, 1.54) is 11.1 Å². The van der Waals surface area contributed by atoms with Crippen LogP contribution in [0.3, 0.4) is 0 Å². The minimum absolute atomic E-state index is 0.0724. The monoisotopic (exact) mass is 304 g/mol. The zero-order valence-electron chi connectivity index (χ0n) is 14.1. The lowest BCUT2D eigenvalue weighted by Crippen LogP contribution is -2.49. The summed E-state index contributed by atoms with van der Waals surface area (Å²) in [6, 6.07) is 8.49. The molecule has 1 aliphatic carbocycles. The summed E-state index contributed by atoms with van der Waals surface area (Å²) in [6.07, 6.45) is 1.49. The fourth-order valence-electron chi connectivity index (χ4n) is 3.21. The van der Waals surface area contributed by atoms with Gasteiger partial charge in [0.1, 0.15) is 0 Å². The molecule has 1 aromatic carbocycles. The molecule has 0 spiro atoms. The number of rotatable bonds is 5. The highest BCUT2D eigenvalue weighted by Gasteiger charge is 2.33. The molecule has 1 atom stereocenters. The van der Waals surface area contributed by atoms with Crippen LogP contribution in [0.4, 0.5) is 4.79 Å². The molecule has 2 rings (SSSR count). The molecule has 1 aromatic rings. The first kappa shape index (κ1) is 16.8. The maximum absolute atomic E-state index is 12.4. The number of aliphatic hydroxyl groups excluding tert-OH is 1. The fourth-order valence-corrected chi connectivity index (χ4v) is 3.21. The predicted molar refractivity (Wildman–Crippen MR) is 88.9 cm³/mol. The van der Waals surface area contributed by atoms with Gasteiger partial charge in [0.15, 0.2) is 0 Å². The number of aliphatic hydroxyl groups is 1. The van der Waals surface area contributed by atoms with Crippen molar-refractivity contribution in [3.63, 3.8) is 0 Å². The third kappa shape index (κ3) is 4.01. The summed E-state index contributed by atoms with van der Waals surface area (Å²) in [5.74, 6) is 0. The molecule has 0 fully saturated rings. The number of hydrogen-bond acceptors (Lipinski definition) is 2. The topological polar surface area (TPSA) is 52.6 Å². The zero-order chi connectivity index (χ0) is 16.3. The van der Waals surface area contributed by atoms with Crippen molar-refractivity contribution in [1.82, 2.24) is 10.2 Å². The van der Waals surface area contributed by atoms with Gasteiger partial charge < -0.3 is 15.3 Å². The van der Waals surface area contributed by atoms with Gasteiger partial charge in [-0.15, -0.1) is 0 Å². The smallest absolute Gasteiger partial charge is 0.317 e. The van der Waals surface area contributed by atoms with Crippen molar-refractivity contribution in [2.45, 2.75) is 52.7 Å². The third-order valence-electron chi connectivity index (χ3n) is 4.36. The van der Waals surface area contributed by atoms with Crippen LogP contribution in [0.15, 0.2) is 24.3 Å². The van der Waals surface area contributed by atoms with Gasteiger partial charge in [0, 0.05) is 19.1 Å². The van der Waals surface area contributed by atoms with Gasteiger partial charge in [-0.3, -0.25) is 0 Å². The SMILES string of the molecule is CC(O)CN(C(=O)NCC1(C)Cc2ccccc2C1)C(C)C. The molecule has 4 nitrogen and oxygen atoms in total. The van der Waals surface area contributed by atoms with Crippen molar-refractivity contribution in [2.24, 2.45) is 5.41 Å². The molecule has 2 N–H and O–H groups in total. The summed E-state index contributed by atoms with van der Waals surface area (Å²) in [5, 5.41) is 12.6. The Morgan fingerprint density at radius 3 is 2.27 bits per heavy atom. The van der Waals surface area contributed by atoms with Gasteiger partial charge in [0.05, 0.1) is 6.10 Å². The number of amides is 2. The number of benzene rings is 1. The fraction of sp³-hybridized carbons (Fsp3) is 0.611. The molecule has 1 unspecified atom stereocenters. The van der Waals surface area contributed by atoms with Gasteiger partial charge >= 0.3 is 6.03 Å². The highest BCUT2D eigenvalue weighted by atomic mass is 16.3. The largest absolute Gasteiger partial charge is 0.392 e. The van der Waals surface area contributed by atoms with Crippen LogP contribution in [0.2, 0.25) is 0 Å². The normalized spacial score (nSPS) is 17.2. The molecule has 0 saturated carbocycles. The van der Waals surface area contributed by atoms with Crippen molar-refractivity contribution >= 4 is 6.03 Å². The van der Waals surface area contributed by atoms with E-state index in [4.69, 9.17) is 0 Å². The highest BCUT2D eigenvalue weighted by molar-refractivity contribution is 5.74. The summed E-state index contributed by atoms with van der Waals surface area (Å²) in [5.41, 5.74) is 2.86. The third-order valence-corrected chi connectivity index (χ3v) is 4.36. The highest BCUT2D eigenvalue weighted by Crippen LogP contribution is 2.35. The molecule has 0 bridgehead atoms. The summed E-state index contributed by atoms with van der Waals surface area (Å²) < 4.78 is 0. The van der Waals surface area contributed by atoms with Crippen LogP contribution in [-0.4, -0.2) is 41.3 Å². The lowest BCUT2D eigenvalue weighted by molar-refractivity contribution is 0.117. The number of nitrogens with one attached hydrogen (secondary N) is 1. The quantitative estimate of drug-likeness (QED) is 0.878. The number of carbonyl (C=O) groups excluding carboxylic acids is 1. The van der Waals surface area contributed by atoms with Crippen LogP contribution in [0.5, 0.6) is 0 Å². The van der Waals surface area contributed by atoms with E-state index < -0.39 is 6.10 Å². The van der Waals surface area contributed by atoms with Crippen molar-refractivity contribution in [1.29, 1.82) is 0 Å². The maximum atomic E-state index is 12.4. The minimum atomic E-state index is -0.514. The summed E-state index contributed by atoms with van der Waals surface area (Å²) in [4.78, 5) is 14.1. The van der Waals surface area contributed by atoms with Gasteiger partial charge in [-0.05, 0) is 50.2 Å². The van der Waals surface area contributed by atoms with E-state index in [2.05, 4.69) is 36.5 Å². The number of fused-ring (bicyclic) bond motifs is 1. The molecule has 2 amide bonds. The second-order valence-electron chi connectivity index (χ2n) is 7.19. The predicted octanol–water partition coefficient (Wildman–Crippen LogP) is 2.59. The van der Waals surface area contributed by atoms with E-state index in [1.807, 2.05) is 13.8 Å². The van der Waals surface area contributed by atoms with Crippen LogP contribution in [0.1, 0.15) is 38.8 Å². The number of hydrogen-bond donors (Lipinski definition) is 2. The Bertz CT molecular complexity index is 501. The minimum Gasteiger partial charge on any atom is -0.392 e. The van der Waals surface area contributed by atoms with E-state index in [0.717, 1.165) is 12.8 Å². The van der Waals surface area contributed by atoms with Crippen LogP contribution in [0.25, 0.3) is 0 Å². The van der Waals surface area contributed by atoms with E-state index >= 15 is 0 Å². The molecule has 122 valence electrons. The first-order valence-corrected chi connectivity index (χ1v) is 8.10. The Morgan fingerprint density at radius 2 is 1.82 bits per heavy atom. The Hall–Kier alpha value is -1.55. The van der Waals surface area contributed by atoms with Gasteiger partial charge in [-0.1, -0.05) is 31.2 Å². The Labute approximate surface area is 133 Å². The lowest BCUT2D eigenvalue weighted by Gasteiger charge is -2.31. The molecule has 0 aliphatic heterocycles. The molecular formula is C18H28N2O2. The average Bonchev–Trinajstić information content (AvgIpc) is 2.78. The molecular weight excluding hydrogens is 276 g/mol. The first-order chi connectivity index (χ1) is 10.3. The van der Waals surface area contributed by atoms with Crippen LogP contribution in [-0.2, 0) is 12.8 Å². The Kier molecular flexibility index (Phi) is 5.12. The van der Waals surface area contributed by atoms with E-state index in [0.29, 0.717) is 13.1 Å². The Balaban J connectivity index is 1.94. The second-order valence-corrected chi connectivity index (χ2v) is 7.19. The molecule has 0 heterocycles. The maximum Gasteiger partial charge on any atom is 0.317 e. The van der Waals surface area contributed by atoms with Gasteiger partial charge in [0.2, 0.25) is 0 Å². The van der Waals surface area contributed by atoms with E-state index in [1.54, 1.807) is 11.8 Å². The zero-order valence-corrected chi connectivity index (χ0v) is 14.1.